The van der Waals surface area contributed by atoms with Crippen LogP contribution >= 0.6 is 0 Å². The van der Waals surface area contributed by atoms with E-state index in [4.69, 9.17) is 4.52 Å². The van der Waals surface area contributed by atoms with Crippen LogP contribution in [0.3, 0.4) is 0 Å². The second-order valence-electron chi connectivity index (χ2n) is 7.04. The second kappa shape index (κ2) is 6.51. The molecule has 0 aromatic carbocycles. The van der Waals surface area contributed by atoms with Gasteiger partial charge in [-0.15, -0.1) is 0 Å². The number of aromatic nitrogens is 2. The van der Waals surface area contributed by atoms with Crippen LogP contribution in [0.1, 0.15) is 56.6 Å². The van der Waals surface area contributed by atoms with E-state index < -0.39 is 0 Å². The molecular weight excluding hydrogens is 304 g/mol. The summed E-state index contributed by atoms with van der Waals surface area (Å²) in [6, 6.07) is 2.44. The maximum Gasteiger partial charge on any atom is 0.257 e. The number of carbonyl (C=O) groups is 1. The number of piperazine rings is 1. The SMILES string of the molecule is CCN1C[C@@H](C)N(C(=O)c2cnc3onc(C(C)C)c3c2)C[C@H]1C. The fourth-order valence-electron chi connectivity index (χ4n) is 3.47. The van der Waals surface area contributed by atoms with Gasteiger partial charge in [0.2, 0.25) is 0 Å². The van der Waals surface area contributed by atoms with Gasteiger partial charge in [0.15, 0.2) is 0 Å². The smallest absolute Gasteiger partial charge is 0.257 e. The van der Waals surface area contributed by atoms with Crippen molar-refractivity contribution >= 4 is 17.0 Å². The highest BCUT2D eigenvalue weighted by Gasteiger charge is 2.32. The van der Waals surface area contributed by atoms with Crippen LogP contribution in [-0.2, 0) is 0 Å². The summed E-state index contributed by atoms with van der Waals surface area (Å²) in [5, 5.41) is 4.92. The van der Waals surface area contributed by atoms with E-state index in [2.05, 4.69) is 49.7 Å². The molecule has 0 aliphatic carbocycles. The fraction of sp³-hybridized carbons (Fsp3) is 0.611. The summed E-state index contributed by atoms with van der Waals surface area (Å²) in [6.07, 6.45) is 1.60. The molecule has 0 unspecified atom stereocenters. The minimum Gasteiger partial charge on any atom is -0.336 e. The van der Waals surface area contributed by atoms with Crippen molar-refractivity contribution in [3.8, 4) is 0 Å². The van der Waals surface area contributed by atoms with Gasteiger partial charge >= 0.3 is 0 Å². The van der Waals surface area contributed by atoms with Gasteiger partial charge in [0.05, 0.1) is 16.6 Å². The minimum atomic E-state index is 0.0374. The minimum absolute atomic E-state index is 0.0374. The Balaban J connectivity index is 1.89. The average molecular weight is 330 g/mol. The molecule has 3 rings (SSSR count). The third-order valence-corrected chi connectivity index (χ3v) is 4.93. The number of likely N-dealkylation sites (N-methyl/N-ethyl adjacent to an activating group) is 1. The van der Waals surface area contributed by atoms with Gasteiger partial charge in [-0.2, -0.15) is 0 Å². The molecule has 0 N–H and O–H groups in total. The van der Waals surface area contributed by atoms with Crippen molar-refractivity contribution in [3.05, 3.63) is 23.5 Å². The standard InChI is InChI=1S/C18H26N4O2/c1-6-21-9-13(5)22(10-12(21)4)18(23)14-7-15-16(11(2)3)20-24-17(15)19-8-14/h7-8,11-13H,6,9-10H2,1-5H3/t12-,13-/m1/s1. The Hall–Kier alpha value is -1.95. The van der Waals surface area contributed by atoms with Crippen molar-refractivity contribution in [1.29, 1.82) is 0 Å². The summed E-state index contributed by atoms with van der Waals surface area (Å²) in [4.78, 5) is 21.7. The summed E-state index contributed by atoms with van der Waals surface area (Å²) in [6.45, 7) is 13.2. The van der Waals surface area contributed by atoms with E-state index >= 15 is 0 Å². The molecule has 24 heavy (non-hydrogen) atoms. The Morgan fingerprint density at radius 1 is 1.33 bits per heavy atom. The fourth-order valence-corrected chi connectivity index (χ4v) is 3.47. The molecule has 6 nitrogen and oxygen atoms in total. The van der Waals surface area contributed by atoms with E-state index in [9.17, 15) is 4.79 Å². The lowest BCUT2D eigenvalue weighted by Crippen LogP contribution is -2.57. The lowest BCUT2D eigenvalue weighted by atomic mass is 10.0. The number of pyridine rings is 1. The number of carbonyl (C=O) groups excluding carboxylic acids is 1. The van der Waals surface area contributed by atoms with Crippen molar-refractivity contribution in [2.45, 2.75) is 52.6 Å². The Morgan fingerprint density at radius 2 is 2.08 bits per heavy atom. The van der Waals surface area contributed by atoms with Crippen molar-refractivity contribution in [1.82, 2.24) is 19.9 Å². The third kappa shape index (κ3) is 2.90. The molecular formula is C18H26N4O2. The molecule has 0 bridgehead atoms. The highest BCUT2D eigenvalue weighted by molar-refractivity contribution is 5.97. The van der Waals surface area contributed by atoms with Crippen LogP contribution in [0.4, 0.5) is 0 Å². The zero-order valence-electron chi connectivity index (χ0n) is 15.1. The van der Waals surface area contributed by atoms with E-state index in [1.54, 1.807) is 6.20 Å². The first-order valence-corrected chi connectivity index (χ1v) is 8.72. The van der Waals surface area contributed by atoms with Gasteiger partial charge in [-0.1, -0.05) is 25.9 Å². The number of hydrogen-bond donors (Lipinski definition) is 0. The predicted octanol–water partition coefficient (Wildman–Crippen LogP) is 2.90. The van der Waals surface area contributed by atoms with Crippen LogP contribution < -0.4 is 0 Å². The van der Waals surface area contributed by atoms with E-state index in [0.717, 1.165) is 30.7 Å². The lowest BCUT2D eigenvalue weighted by molar-refractivity contribution is 0.0335. The summed E-state index contributed by atoms with van der Waals surface area (Å²) >= 11 is 0. The van der Waals surface area contributed by atoms with E-state index in [-0.39, 0.29) is 17.9 Å². The van der Waals surface area contributed by atoms with Crippen molar-refractivity contribution in [3.63, 3.8) is 0 Å². The van der Waals surface area contributed by atoms with Gasteiger partial charge in [0.25, 0.3) is 11.6 Å². The average Bonchev–Trinajstić information content (AvgIpc) is 2.99. The highest BCUT2D eigenvalue weighted by Crippen LogP contribution is 2.25. The second-order valence-corrected chi connectivity index (χ2v) is 7.04. The maximum atomic E-state index is 13.0. The first-order valence-electron chi connectivity index (χ1n) is 8.72. The molecule has 1 amide bonds. The highest BCUT2D eigenvalue weighted by atomic mass is 16.5. The van der Waals surface area contributed by atoms with Crippen LogP contribution in [0.25, 0.3) is 11.1 Å². The topological polar surface area (TPSA) is 62.5 Å². The summed E-state index contributed by atoms with van der Waals surface area (Å²) in [7, 11) is 0. The molecule has 1 saturated heterocycles. The zero-order chi connectivity index (χ0) is 17.4. The monoisotopic (exact) mass is 330 g/mol. The normalized spacial score (nSPS) is 22.5. The largest absolute Gasteiger partial charge is 0.336 e. The molecule has 2 aromatic heterocycles. The Morgan fingerprint density at radius 3 is 2.75 bits per heavy atom. The quantitative estimate of drug-likeness (QED) is 0.866. The van der Waals surface area contributed by atoms with Gasteiger partial charge in [0, 0.05) is 31.4 Å². The van der Waals surface area contributed by atoms with Crippen molar-refractivity contribution < 1.29 is 9.32 Å². The zero-order valence-corrected chi connectivity index (χ0v) is 15.1. The predicted molar refractivity (Wildman–Crippen MR) is 93.1 cm³/mol. The Kier molecular flexibility index (Phi) is 4.58. The number of nitrogens with zero attached hydrogens (tertiary/aromatic N) is 4. The molecule has 1 aliphatic heterocycles. The van der Waals surface area contributed by atoms with Gasteiger partial charge in [-0.05, 0) is 32.4 Å². The van der Waals surface area contributed by atoms with Gasteiger partial charge < -0.3 is 9.42 Å². The molecule has 3 heterocycles. The molecule has 6 heteroatoms. The molecule has 0 spiro atoms. The number of fused-ring (bicyclic) bond motifs is 1. The molecule has 0 radical (unpaired) electrons. The first kappa shape index (κ1) is 16.9. The van der Waals surface area contributed by atoms with Gasteiger partial charge in [0.1, 0.15) is 0 Å². The van der Waals surface area contributed by atoms with Crippen LogP contribution in [0.5, 0.6) is 0 Å². The molecule has 1 fully saturated rings. The molecule has 2 atom stereocenters. The summed E-state index contributed by atoms with van der Waals surface area (Å²) < 4.78 is 5.26. The third-order valence-electron chi connectivity index (χ3n) is 4.93. The Labute approximate surface area is 142 Å². The molecule has 130 valence electrons. The molecule has 0 saturated carbocycles. The first-order chi connectivity index (χ1) is 11.4. The van der Waals surface area contributed by atoms with Crippen molar-refractivity contribution in [2.24, 2.45) is 0 Å². The Bertz CT molecular complexity index is 740. The van der Waals surface area contributed by atoms with E-state index in [0.29, 0.717) is 17.3 Å². The van der Waals surface area contributed by atoms with Gasteiger partial charge in [-0.3, -0.25) is 9.69 Å². The molecule has 2 aromatic rings. The number of rotatable bonds is 3. The number of hydrogen-bond acceptors (Lipinski definition) is 5. The maximum absolute atomic E-state index is 13.0. The van der Waals surface area contributed by atoms with E-state index in [1.165, 1.54) is 0 Å². The van der Waals surface area contributed by atoms with E-state index in [1.807, 2.05) is 11.0 Å². The lowest BCUT2D eigenvalue weighted by Gasteiger charge is -2.43. The summed E-state index contributed by atoms with van der Waals surface area (Å²) in [5.41, 5.74) is 1.95. The van der Waals surface area contributed by atoms with Crippen molar-refractivity contribution in [2.75, 3.05) is 19.6 Å². The number of amides is 1. The van der Waals surface area contributed by atoms with Gasteiger partial charge in [-0.25, -0.2) is 4.98 Å². The molecule has 1 aliphatic rings. The van der Waals surface area contributed by atoms with Crippen LogP contribution in [0, 0.1) is 0 Å². The van der Waals surface area contributed by atoms with Crippen LogP contribution in [-0.4, -0.2) is 57.6 Å². The summed E-state index contributed by atoms with van der Waals surface area (Å²) in [5.74, 6) is 0.265. The van der Waals surface area contributed by atoms with Crippen LogP contribution in [0.2, 0.25) is 0 Å². The van der Waals surface area contributed by atoms with Crippen LogP contribution in [0.15, 0.2) is 16.8 Å².